The Morgan fingerprint density at radius 1 is 1.07 bits per heavy atom. The third kappa shape index (κ3) is 6.08. The van der Waals surface area contributed by atoms with Crippen LogP contribution in [-0.4, -0.2) is 25.7 Å². The molecule has 0 bridgehead atoms. The second-order valence-corrected chi connectivity index (χ2v) is 6.67. The summed E-state index contributed by atoms with van der Waals surface area (Å²) in [6, 6.07) is 6.06. The van der Waals surface area contributed by atoms with Gasteiger partial charge in [-0.15, -0.1) is 0 Å². The summed E-state index contributed by atoms with van der Waals surface area (Å²) in [5.74, 6) is -3.94. The number of hydrogen-bond acceptors (Lipinski definition) is 4. The zero-order valence-corrected chi connectivity index (χ0v) is 16.6. The van der Waals surface area contributed by atoms with Gasteiger partial charge >= 0.3 is 0 Å². The molecule has 0 saturated heterocycles. The summed E-state index contributed by atoms with van der Waals surface area (Å²) in [6.45, 7) is 2.88. The first kappa shape index (κ1) is 21.5. The van der Waals surface area contributed by atoms with E-state index >= 15 is 0 Å². The van der Waals surface area contributed by atoms with Crippen LogP contribution in [0.2, 0.25) is 0 Å². The molecule has 2 rings (SSSR count). The van der Waals surface area contributed by atoms with E-state index < -0.39 is 29.0 Å². The Balaban J connectivity index is 2.14. The Bertz CT molecular complexity index is 806. The minimum Gasteiger partial charge on any atom is -0.379 e. The fraction of sp³-hybridized carbons (Fsp3) is 0.278. The Morgan fingerprint density at radius 2 is 1.85 bits per heavy atom. The van der Waals surface area contributed by atoms with Crippen molar-refractivity contribution >= 4 is 39.9 Å². The second kappa shape index (κ2) is 10.5. The molecule has 2 aromatic rings. The Labute approximate surface area is 168 Å². The molecule has 146 valence electrons. The first-order chi connectivity index (χ1) is 12.9. The minimum atomic E-state index is -1.30. The van der Waals surface area contributed by atoms with Crippen molar-refractivity contribution < 1.29 is 27.5 Å². The van der Waals surface area contributed by atoms with E-state index in [1.54, 1.807) is 6.07 Å². The lowest BCUT2D eigenvalue weighted by atomic mass is 10.1. The number of carbonyl (C=O) groups excluding carboxylic acids is 1. The van der Waals surface area contributed by atoms with Gasteiger partial charge in [0.1, 0.15) is 5.82 Å². The summed E-state index contributed by atoms with van der Waals surface area (Å²) in [5, 5.41) is 2.44. The lowest BCUT2D eigenvalue weighted by Gasteiger charge is -2.14. The molecule has 0 aliphatic heterocycles. The largest absolute Gasteiger partial charge is 0.379 e. The van der Waals surface area contributed by atoms with Crippen molar-refractivity contribution in [2.24, 2.45) is 0 Å². The van der Waals surface area contributed by atoms with Crippen molar-refractivity contribution in [3.05, 3.63) is 56.9 Å². The zero-order chi connectivity index (χ0) is 19.8. The number of benzene rings is 2. The Hall–Kier alpha value is -1.85. The molecule has 27 heavy (non-hydrogen) atoms. The van der Waals surface area contributed by atoms with Gasteiger partial charge in [-0.3, -0.25) is 9.63 Å². The van der Waals surface area contributed by atoms with Gasteiger partial charge in [0, 0.05) is 10.2 Å². The molecule has 0 unspecified atom stereocenters. The molecule has 0 atom stereocenters. The first-order valence-corrected chi connectivity index (χ1v) is 9.21. The van der Waals surface area contributed by atoms with Crippen LogP contribution in [0.25, 0.3) is 0 Å². The number of anilines is 2. The number of hydroxylamine groups is 1. The number of halogens is 4. The maximum atomic E-state index is 14.2. The quantitative estimate of drug-likeness (QED) is 0.306. The number of ether oxygens (including phenoxy) is 1. The third-order valence-electron chi connectivity index (χ3n) is 3.37. The van der Waals surface area contributed by atoms with Gasteiger partial charge in [0.05, 0.1) is 30.2 Å². The van der Waals surface area contributed by atoms with Crippen molar-refractivity contribution in [2.75, 3.05) is 25.1 Å². The van der Waals surface area contributed by atoms with Crippen LogP contribution in [0.5, 0.6) is 0 Å². The predicted molar refractivity (Wildman–Crippen MR) is 103 cm³/mol. The molecule has 5 nitrogen and oxygen atoms in total. The fourth-order valence-electron chi connectivity index (χ4n) is 2.11. The summed E-state index contributed by atoms with van der Waals surface area (Å²) in [4.78, 5) is 17.2. The maximum absolute atomic E-state index is 14.2. The van der Waals surface area contributed by atoms with Crippen LogP contribution in [0.4, 0.5) is 24.5 Å². The fourth-order valence-corrected chi connectivity index (χ4v) is 2.56. The summed E-state index contributed by atoms with van der Waals surface area (Å²) in [7, 11) is 0. The average molecular weight is 494 g/mol. The molecule has 9 heteroatoms. The van der Waals surface area contributed by atoms with Crippen LogP contribution in [0.3, 0.4) is 0 Å². The molecule has 0 spiro atoms. The summed E-state index contributed by atoms with van der Waals surface area (Å²) < 4.78 is 47.7. The van der Waals surface area contributed by atoms with Gasteiger partial charge in [-0.2, -0.15) is 0 Å². The summed E-state index contributed by atoms with van der Waals surface area (Å²) in [5.41, 5.74) is 1.31. The molecule has 2 N–H and O–H groups in total. The molecule has 2 aromatic carbocycles. The highest BCUT2D eigenvalue weighted by Gasteiger charge is 2.20. The minimum absolute atomic E-state index is 0.0872. The van der Waals surface area contributed by atoms with Crippen molar-refractivity contribution in [1.29, 1.82) is 0 Å². The van der Waals surface area contributed by atoms with Gasteiger partial charge in [0.2, 0.25) is 0 Å². The highest BCUT2D eigenvalue weighted by Crippen LogP contribution is 2.28. The van der Waals surface area contributed by atoms with Gasteiger partial charge in [-0.05, 0) is 59.3 Å². The van der Waals surface area contributed by atoms with Crippen LogP contribution in [0.1, 0.15) is 23.7 Å². The zero-order valence-electron chi connectivity index (χ0n) is 14.5. The molecule has 0 radical (unpaired) electrons. The van der Waals surface area contributed by atoms with Gasteiger partial charge in [0.15, 0.2) is 11.6 Å². The van der Waals surface area contributed by atoms with E-state index in [0.29, 0.717) is 10.2 Å². The standard InChI is InChI=1S/C18H18F3IN2O3/c1-2-7-26-8-9-27-24-18(25)12-4-5-13(19)16(21)17(12)23-15-6-3-11(22)10-14(15)20/h3-6,10,23H,2,7-9H2,1H3,(H,24,25). The van der Waals surface area contributed by atoms with Gasteiger partial charge in [0.25, 0.3) is 5.91 Å². The Morgan fingerprint density at radius 3 is 2.56 bits per heavy atom. The molecule has 0 aliphatic carbocycles. The van der Waals surface area contributed by atoms with Gasteiger partial charge < -0.3 is 10.1 Å². The number of hydrogen-bond donors (Lipinski definition) is 2. The van der Waals surface area contributed by atoms with E-state index in [1.807, 2.05) is 29.5 Å². The number of nitrogens with one attached hydrogen (secondary N) is 2. The molecule has 0 heterocycles. The molecule has 0 aliphatic rings. The van der Waals surface area contributed by atoms with E-state index in [0.717, 1.165) is 18.6 Å². The van der Waals surface area contributed by atoms with E-state index in [4.69, 9.17) is 9.57 Å². The highest BCUT2D eigenvalue weighted by atomic mass is 127. The van der Waals surface area contributed by atoms with E-state index in [9.17, 15) is 18.0 Å². The van der Waals surface area contributed by atoms with Crippen LogP contribution in [0, 0.1) is 21.0 Å². The number of carbonyl (C=O) groups is 1. The first-order valence-electron chi connectivity index (χ1n) is 8.14. The second-order valence-electron chi connectivity index (χ2n) is 5.43. The van der Waals surface area contributed by atoms with Gasteiger partial charge in [-0.25, -0.2) is 18.7 Å². The summed E-state index contributed by atoms with van der Waals surface area (Å²) in [6.07, 6.45) is 0.853. The molecule has 1 amide bonds. The van der Waals surface area contributed by atoms with Crippen molar-refractivity contribution in [2.45, 2.75) is 13.3 Å². The normalized spacial score (nSPS) is 10.7. The SMILES string of the molecule is CCCOCCONC(=O)c1ccc(F)c(F)c1Nc1ccc(I)cc1F. The predicted octanol–water partition coefficient (Wildman–Crippen LogP) is 4.54. The average Bonchev–Trinajstić information content (AvgIpc) is 2.63. The summed E-state index contributed by atoms with van der Waals surface area (Å²) >= 11 is 1.92. The smallest absolute Gasteiger partial charge is 0.277 e. The lowest BCUT2D eigenvalue weighted by molar-refractivity contribution is -0.000364. The molecule has 0 fully saturated rings. The van der Waals surface area contributed by atoms with E-state index in [2.05, 4.69) is 10.8 Å². The lowest BCUT2D eigenvalue weighted by Crippen LogP contribution is -2.26. The van der Waals surface area contributed by atoms with E-state index in [-0.39, 0.29) is 24.5 Å². The molecular formula is C18H18F3IN2O3. The molecule has 0 aromatic heterocycles. The van der Waals surface area contributed by atoms with Crippen LogP contribution < -0.4 is 10.8 Å². The topological polar surface area (TPSA) is 59.6 Å². The third-order valence-corrected chi connectivity index (χ3v) is 4.04. The van der Waals surface area contributed by atoms with Crippen molar-refractivity contribution in [3.63, 3.8) is 0 Å². The van der Waals surface area contributed by atoms with Gasteiger partial charge in [-0.1, -0.05) is 6.92 Å². The van der Waals surface area contributed by atoms with Crippen LogP contribution in [-0.2, 0) is 9.57 Å². The van der Waals surface area contributed by atoms with Crippen molar-refractivity contribution in [1.82, 2.24) is 5.48 Å². The number of rotatable bonds is 9. The van der Waals surface area contributed by atoms with Crippen molar-refractivity contribution in [3.8, 4) is 0 Å². The maximum Gasteiger partial charge on any atom is 0.277 e. The monoisotopic (exact) mass is 494 g/mol. The van der Waals surface area contributed by atoms with Crippen LogP contribution in [0.15, 0.2) is 30.3 Å². The Kier molecular flexibility index (Phi) is 8.32. The highest BCUT2D eigenvalue weighted by molar-refractivity contribution is 14.1. The number of amides is 1. The molecular weight excluding hydrogens is 476 g/mol. The van der Waals surface area contributed by atoms with Crippen LogP contribution >= 0.6 is 22.6 Å². The van der Waals surface area contributed by atoms with E-state index in [1.165, 1.54) is 12.1 Å². The molecule has 0 saturated carbocycles.